The maximum Gasteiger partial charge on any atom is 0.411 e. The van der Waals surface area contributed by atoms with E-state index in [0.717, 1.165) is 5.56 Å². The van der Waals surface area contributed by atoms with Gasteiger partial charge in [0.25, 0.3) is 0 Å². The average Bonchev–Trinajstić information content (AvgIpc) is 2.56. The van der Waals surface area contributed by atoms with Crippen LogP contribution in [0.2, 0.25) is 0 Å². The lowest BCUT2D eigenvalue weighted by Crippen LogP contribution is -2.20. The van der Waals surface area contributed by atoms with Gasteiger partial charge in [0.2, 0.25) is 5.91 Å². The second kappa shape index (κ2) is 6.26. The van der Waals surface area contributed by atoms with Crippen molar-refractivity contribution in [3.63, 3.8) is 0 Å². The number of halogens is 3. The number of carbonyl (C=O) groups excluding carboxylic acids is 2. The molecule has 0 saturated carbocycles. The van der Waals surface area contributed by atoms with Crippen LogP contribution in [0.1, 0.15) is 28.8 Å². The molecule has 0 fully saturated rings. The Bertz CT molecular complexity index is 555. The highest BCUT2D eigenvalue weighted by Crippen LogP contribution is 2.23. The largest absolute Gasteiger partial charge is 0.411 e. The van der Waals surface area contributed by atoms with Gasteiger partial charge in [0.15, 0.2) is 5.78 Å². The molecule has 1 aliphatic heterocycles. The van der Waals surface area contributed by atoms with Crippen molar-refractivity contribution in [3.8, 4) is 0 Å². The van der Waals surface area contributed by atoms with Gasteiger partial charge in [-0.3, -0.25) is 9.59 Å². The molecule has 114 valence electrons. The van der Waals surface area contributed by atoms with Gasteiger partial charge in [-0.15, -0.1) is 0 Å². The number of rotatable bonds is 4. The van der Waals surface area contributed by atoms with Gasteiger partial charge >= 0.3 is 6.18 Å². The number of hydrogen-bond donors (Lipinski definition) is 1. The highest BCUT2D eigenvalue weighted by Gasteiger charge is 2.28. The summed E-state index contributed by atoms with van der Waals surface area (Å²) in [5, 5.41) is 2.72. The number of nitrogens with one attached hydrogen (secondary N) is 1. The van der Waals surface area contributed by atoms with E-state index in [4.69, 9.17) is 0 Å². The normalized spacial score (nSPS) is 15.1. The SMILES string of the molecule is O=C1CCCc2cc(C(=O)COCC(F)(F)F)ccc2N1. The van der Waals surface area contributed by atoms with Crippen LogP contribution < -0.4 is 5.32 Å². The summed E-state index contributed by atoms with van der Waals surface area (Å²) in [6.45, 7) is -2.07. The van der Waals surface area contributed by atoms with E-state index >= 15 is 0 Å². The van der Waals surface area contributed by atoms with Crippen LogP contribution in [0, 0.1) is 0 Å². The maximum absolute atomic E-state index is 11.9. The topological polar surface area (TPSA) is 55.4 Å². The number of hydrogen-bond acceptors (Lipinski definition) is 3. The smallest absolute Gasteiger partial charge is 0.364 e. The Morgan fingerprint density at radius 1 is 1.29 bits per heavy atom. The van der Waals surface area contributed by atoms with Crippen molar-refractivity contribution < 1.29 is 27.5 Å². The van der Waals surface area contributed by atoms with Gasteiger partial charge in [0.05, 0.1) is 0 Å². The fraction of sp³-hybridized carbons (Fsp3) is 0.429. The van der Waals surface area contributed by atoms with Gasteiger partial charge in [0.1, 0.15) is 13.2 Å². The average molecular weight is 301 g/mol. The monoisotopic (exact) mass is 301 g/mol. The molecular weight excluding hydrogens is 287 g/mol. The zero-order valence-corrected chi connectivity index (χ0v) is 11.1. The number of amides is 1. The van der Waals surface area contributed by atoms with Crippen LogP contribution >= 0.6 is 0 Å². The van der Waals surface area contributed by atoms with Crippen LogP contribution in [0.4, 0.5) is 18.9 Å². The van der Waals surface area contributed by atoms with E-state index in [-0.39, 0.29) is 11.5 Å². The van der Waals surface area contributed by atoms with Crippen molar-refractivity contribution in [1.82, 2.24) is 0 Å². The first kappa shape index (κ1) is 15.5. The van der Waals surface area contributed by atoms with Gasteiger partial charge in [0, 0.05) is 17.7 Å². The lowest BCUT2D eigenvalue weighted by Gasteiger charge is -2.10. The molecule has 0 saturated heterocycles. The number of aryl methyl sites for hydroxylation is 1. The number of carbonyl (C=O) groups is 2. The molecule has 7 heteroatoms. The Morgan fingerprint density at radius 2 is 2.05 bits per heavy atom. The minimum atomic E-state index is -4.45. The number of ketones is 1. The lowest BCUT2D eigenvalue weighted by atomic mass is 10.0. The Balaban J connectivity index is 2.02. The molecule has 1 N–H and O–H groups in total. The quantitative estimate of drug-likeness (QED) is 0.870. The second-order valence-corrected chi connectivity index (χ2v) is 4.80. The first-order chi connectivity index (χ1) is 9.85. The molecule has 0 bridgehead atoms. The molecule has 2 rings (SSSR count). The summed E-state index contributed by atoms with van der Waals surface area (Å²) in [5.74, 6) is -0.598. The van der Waals surface area contributed by atoms with Gasteiger partial charge in [-0.2, -0.15) is 13.2 Å². The molecule has 1 aromatic carbocycles. The van der Waals surface area contributed by atoms with Crippen molar-refractivity contribution in [1.29, 1.82) is 0 Å². The van der Waals surface area contributed by atoms with Crippen LogP contribution in [0.15, 0.2) is 18.2 Å². The standard InChI is InChI=1S/C14H14F3NO3/c15-14(16,17)8-21-7-12(19)10-4-5-11-9(6-10)2-1-3-13(20)18-11/h4-6H,1-3,7-8H2,(H,18,20). The predicted octanol–water partition coefficient (Wildman–Crippen LogP) is 2.72. The molecular formula is C14H14F3NO3. The minimum Gasteiger partial charge on any atom is -0.364 e. The number of ether oxygens (including phenoxy) is 1. The molecule has 1 amide bonds. The Kier molecular flexibility index (Phi) is 4.62. The first-order valence-electron chi connectivity index (χ1n) is 6.45. The van der Waals surface area contributed by atoms with E-state index in [0.29, 0.717) is 24.9 Å². The van der Waals surface area contributed by atoms with E-state index in [1.165, 1.54) is 6.07 Å². The van der Waals surface area contributed by atoms with Gasteiger partial charge in [-0.25, -0.2) is 0 Å². The first-order valence-corrected chi connectivity index (χ1v) is 6.45. The van der Waals surface area contributed by atoms with E-state index < -0.39 is 25.2 Å². The highest BCUT2D eigenvalue weighted by molar-refractivity contribution is 5.99. The van der Waals surface area contributed by atoms with Gasteiger partial charge in [-0.1, -0.05) is 0 Å². The van der Waals surface area contributed by atoms with E-state index in [1.54, 1.807) is 12.1 Å². The summed E-state index contributed by atoms with van der Waals surface area (Å²) in [5.41, 5.74) is 1.74. The molecule has 1 aromatic rings. The summed E-state index contributed by atoms with van der Waals surface area (Å²) in [4.78, 5) is 23.2. The van der Waals surface area contributed by atoms with Gasteiger partial charge in [-0.05, 0) is 36.6 Å². The molecule has 0 unspecified atom stereocenters. The summed E-state index contributed by atoms with van der Waals surface area (Å²) >= 11 is 0. The number of alkyl halides is 3. The third-order valence-electron chi connectivity index (χ3n) is 3.05. The second-order valence-electron chi connectivity index (χ2n) is 4.80. The molecule has 4 nitrogen and oxygen atoms in total. The third kappa shape index (κ3) is 4.56. The molecule has 1 aliphatic rings. The van der Waals surface area contributed by atoms with Crippen LogP contribution in [0.25, 0.3) is 0 Å². The maximum atomic E-state index is 11.9. The van der Waals surface area contributed by atoms with Crippen molar-refractivity contribution in [3.05, 3.63) is 29.3 Å². The predicted molar refractivity (Wildman–Crippen MR) is 69.2 cm³/mol. The summed E-state index contributed by atoms with van der Waals surface area (Å²) in [6, 6.07) is 4.67. The highest BCUT2D eigenvalue weighted by atomic mass is 19.4. The van der Waals surface area contributed by atoms with Crippen molar-refractivity contribution in [2.45, 2.75) is 25.4 Å². The Hall–Kier alpha value is -1.89. The lowest BCUT2D eigenvalue weighted by molar-refractivity contribution is -0.170. The van der Waals surface area contributed by atoms with E-state index in [2.05, 4.69) is 10.1 Å². The number of anilines is 1. The molecule has 0 atom stereocenters. The summed E-state index contributed by atoms with van der Waals surface area (Å²) in [7, 11) is 0. The van der Waals surface area contributed by atoms with E-state index in [9.17, 15) is 22.8 Å². The molecule has 0 aromatic heterocycles. The molecule has 21 heavy (non-hydrogen) atoms. The van der Waals surface area contributed by atoms with Crippen LogP contribution in [0.3, 0.4) is 0 Å². The molecule has 0 radical (unpaired) electrons. The molecule has 1 heterocycles. The summed E-state index contributed by atoms with van der Waals surface area (Å²) in [6.07, 6.45) is -2.73. The summed E-state index contributed by atoms with van der Waals surface area (Å²) < 4.78 is 40.2. The van der Waals surface area contributed by atoms with Crippen LogP contribution in [0.5, 0.6) is 0 Å². The van der Waals surface area contributed by atoms with Crippen LogP contribution in [-0.2, 0) is 16.0 Å². The third-order valence-corrected chi connectivity index (χ3v) is 3.05. The fourth-order valence-electron chi connectivity index (χ4n) is 2.09. The molecule has 0 spiro atoms. The van der Waals surface area contributed by atoms with Crippen molar-refractivity contribution in [2.75, 3.05) is 18.5 Å². The van der Waals surface area contributed by atoms with Crippen LogP contribution in [-0.4, -0.2) is 31.1 Å². The Morgan fingerprint density at radius 3 is 2.76 bits per heavy atom. The fourth-order valence-corrected chi connectivity index (χ4v) is 2.09. The number of benzene rings is 1. The zero-order valence-electron chi connectivity index (χ0n) is 11.1. The zero-order chi connectivity index (χ0) is 15.5. The Labute approximate surface area is 119 Å². The van der Waals surface area contributed by atoms with E-state index in [1.807, 2.05) is 0 Å². The number of fused-ring (bicyclic) bond motifs is 1. The van der Waals surface area contributed by atoms with Crippen molar-refractivity contribution in [2.24, 2.45) is 0 Å². The minimum absolute atomic E-state index is 0.0821. The van der Waals surface area contributed by atoms with Gasteiger partial charge < -0.3 is 10.1 Å². The van der Waals surface area contributed by atoms with Crippen molar-refractivity contribution >= 4 is 17.4 Å². The number of Topliss-reactive ketones (excluding diaryl/α,β-unsaturated/α-hetero) is 1. The molecule has 0 aliphatic carbocycles.